The molecule has 1 N–H and O–H groups in total. The van der Waals surface area contributed by atoms with Gasteiger partial charge in [0.2, 0.25) is 5.91 Å². The Hall–Kier alpha value is -2.22. The number of anilines is 1. The Morgan fingerprint density at radius 1 is 1.31 bits per heavy atom. The SMILES string of the molecule is CC(C)(C)c1cc(NC(=O)Cc2ccncc2)n([C@@H]2CCS(=O)(=O)C2)n1. The minimum absolute atomic E-state index is 0.0610. The lowest BCUT2D eigenvalue weighted by Gasteiger charge is -2.15. The van der Waals surface area contributed by atoms with Gasteiger partial charge in [-0.3, -0.25) is 9.78 Å². The zero-order valence-electron chi connectivity index (χ0n) is 15.3. The molecule has 8 heteroatoms. The maximum absolute atomic E-state index is 12.4. The summed E-state index contributed by atoms with van der Waals surface area (Å²) in [4.78, 5) is 16.4. The molecule has 0 unspecified atom stereocenters. The second kappa shape index (κ2) is 6.83. The number of aromatic nitrogens is 3. The van der Waals surface area contributed by atoms with Gasteiger partial charge in [-0.1, -0.05) is 20.8 Å². The molecule has 0 aromatic carbocycles. The molecule has 7 nitrogen and oxygen atoms in total. The van der Waals surface area contributed by atoms with E-state index in [9.17, 15) is 13.2 Å². The van der Waals surface area contributed by atoms with Crippen LogP contribution in [0.1, 0.15) is 44.5 Å². The van der Waals surface area contributed by atoms with Gasteiger partial charge >= 0.3 is 0 Å². The molecule has 1 aliphatic rings. The standard InChI is InChI=1S/C18H24N4O3S/c1-18(2,3)15-11-16(20-17(23)10-13-4-7-19-8-5-13)22(21-15)14-6-9-26(24,25)12-14/h4-5,7-8,11,14H,6,9-10,12H2,1-3H3,(H,20,23)/t14-/m1/s1. The molecule has 2 aromatic heterocycles. The van der Waals surface area contributed by atoms with Gasteiger partial charge in [0, 0.05) is 23.9 Å². The molecule has 0 spiro atoms. The smallest absolute Gasteiger partial charge is 0.229 e. The number of hydrogen-bond donors (Lipinski definition) is 1. The van der Waals surface area contributed by atoms with E-state index in [0.717, 1.165) is 11.3 Å². The Morgan fingerprint density at radius 2 is 2.00 bits per heavy atom. The number of pyridine rings is 1. The highest BCUT2D eigenvalue weighted by Gasteiger charge is 2.32. The molecular weight excluding hydrogens is 352 g/mol. The van der Waals surface area contributed by atoms with Crippen molar-refractivity contribution in [2.75, 3.05) is 16.8 Å². The number of amides is 1. The quantitative estimate of drug-likeness (QED) is 0.882. The molecule has 0 bridgehead atoms. The van der Waals surface area contributed by atoms with Crippen molar-refractivity contribution in [3.05, 3.63) is 41.9 Å². The van der Waals surface area contributed by atoms with E-state index in [4.69, 9.17) is 0 Å². The Morgan fingerprint density at radius 3 is 2.58 bits per heavy atom. The number of hydrogen-bond acceptors (Lipinski definition) is 5. The first kappa shape index (κ1) is 18.6. The summed E-state index contributed by atoms with van der Waals surface area (Å²) in [7, 11) is -3.04. The first-order valence-electron chi connectivity index (χ1n) is 8.63. The number of nitrogens with zero attached hydrogens (tertiary/aromatic N) is 3. The molecule has 1 saturated heterocycles. The summed E-state index contributed by atoms with van der Waals surface area (Å²) < 4.78 is 25.4. The first-order valence-corrected chi connectivity index (χ1v) is 10.5. The van der Waals surface area contributed by atoms with E-state index in [1.165, 1.54) is 0 Å². The fourth-order valence-corrected chi connectivity index (χ4v) is 4.67. The third-order valence-corrected chi connectivity index (χ3v) is 6.19. The van der Waals surface area contributed by atoms with E-state index in [0.29, 0.717) is 12.2 Å². The molecule has 1 atom stereocenters. The number of nitrogens with one attached hydrogen (secondary N) is 1. The van der Waals surface area contributed by atoms with Gasteiger partial charge in [-0.2, -0.15) is 5.10 Å². The third-order valence-electron chi connectivity index (χ3n) is 4.44. The van der Waals surface area contributed by atoms with Crippen LogP contribution in [0.5, 0.6) is 0 Å². The van der Waals surface area contributed by atoms with Crippen molar-refractivity contribution in [1.82, 2.24) is 14.8 Å². The zero-order chi connectivity index (χ0) is 18.9. The lowest BCUT2D eigenvalue weighted by molar-refractivity contribution is -0.115. The first-order chi connectivity index (χ1) is 12.1. The molecule has 0 saturated carbocycles. The number of sulfone groups is 1. The van der Waals surface area contributed by atoms with Gasteiger partial charge in [-0.25, -0.2) is 13.1 Å². The average molecular weight is 376 g/mol. The Labute approximate surface area is 153 Å². The van der Waals surface area contributed by atoms with E-state index < -0.39 is 9.84 Å². The van der Waals surface area contributed by atoms with Crippen LogP contribution in [0.2, 0.25) is 0 Å². The van der Waals surface area contributed by atoms with Gasteiger partial charge in [-0.15, -0.1) is 0 Å². The lowest BCUT2D eigenvalue weighted by Crippen LogP contribution is -2.21. The van der Waals surface area contributed by atoms with E-state index in [1.54, 1.807) is 29.2 Å². The summed E-state index contributed by atoms with van der Waals surface area (Å²) in [5, 5.41) is 7.52. The van der Waals surface area contributed by atoms with Crippen LogP contribution in [0.3, 0.4) is 0 Å². The molecule has 0 aliphatic carbocycles. The number of carbonyl (C=O) groups is 1. The number of rotatable bonds is 4. The van der Waals surface area contributed by atoms with Crippen molar-refractivity contribution >= 4 is 21.6 Å². The van der Waals surface area contributed by atoms with Gasteiger partial charge in [0.25, 0.3) is 0 Å². The second-order valence-corrected chi connectivity index (χ2v) is 9.98. The summed E-state index contributed by atoms with van der Waals surface area (Å²) in [5.41, 5.74) is 1.48. The monoisotopic (exact) mass is 376 g/mol. The summed E-state index contributed by atoms with van der Waals surface area (Å²) >= 11 is 0. The maximum Gasteiger partial charge on any atom is 0.229 e. The van der Waals surface area contributed by atoms with Gasteiger partial charge in [0.05, 0.1) is 29.7 Å². The normalized spacial score (nSPS) is 19.4. The molecule has 1 aliphatic heterocycles. The van der Waals surface area contributed by atoms with Crippen molar-refractivity contribution < 1.29 is 13.2 Å². The van der Waals surface area contributed by atoms with Crippen LogP contribution in [0, 0.1) is 0 Å². The Kier molecular flexibility index (Phi) is 4.88. The minimum atomic E-state index is -3.04. The largest absolute Gasteiger partial charge is 0.311 e. The predicted octanol–water partition coefficient (Wildman–Crippen LogP) is 2.12. The highest BCUT2D eigenvalue weighted by molar-refractivity contribution is 7.91. The lowest BCUT2D eigenvalue weighted by atomic mass is 9.92. The van der Waals surface area contributed by atoms with Gasteiger partial charge in [0.1, 0.15) is 5.82 Å². The van der Waals surface area contributed by atoms with Crippen LogP contribution >= 0.6 is 0 Å². The van der Waals surface area contributed by atoms with Crippen molar-refractivity contribution in [2.45, 2.75) is 45.1 Å². The molecular formula is C18H24N4O3S. The average Bonchev–Trinajstić information content (AvgIpc) is 3.11. The Balaban J connectivity index is 1.85. The van der Waals surface area contributed by atoms with Crippen LogP contribution in [-0.4, -0.2) is 40.6 Å². The molecule has 0 radical (unpaired) electrons. The predicted molar refractivity (Wildman–Crippen MR) is 99.8 cm³/mol. The van der Waals surface area contributed by atoms with Gasteiger partial charge < -0.3 is 5.32 Å². The fraction of sp³-hybridized carbons (Fsp3) is 0.500. The van der Waals surface area contributed by atoms with E-state index >= 15 is 0 Å². The summed E-state index contributed by atoms with van der Waals surface area (Å²) in [5.74, 6) is 0.605. The van der Waals surface area contributed by atoms with Crippen LogP contribution in [0.4, 0.5) is 5.82 Å². The number of carbonyl (C=O) groups excluding carboxylic acids is 1. The fourth-order valence-electron chi connectivity index (χ4n) is 2.97. The van der Waals surface area contributed by atoms with Gasteiger partial charge in [-0.05, 0) is 24.1 Å². The third kappa shape index (κ3) is 4.30. The van der Waals surface area contributed by atoms with Crippen LogP contribution in [0.25, 0.3) is 0 Å². The summed E-state index contributed by atoms with van der Waals surface area (Å²) in [6.45, 7) is 6.11. The van der Waals surface area contributed by atoms with E-state index in [2.05, 4.69) is 15.4 Å². The molecule has 2 aromatic rings. The van der Waals surface area contributed by atoms with Crippen LogP contribution in [-0.2, 0) is 26.5 Å². The topological polar surface area (TPSA) is 94.0 Å². The second-order valence-electron chi connectivity index (χ2n) is 7.75. The summed E-state index contributed by atoms with van der Waals surface area (Å²) in [6, 6.07) is 5.18. The van der Waals surface area contributed by atoms with Crippen molar-refractivity contribution in [2.24, 2.45) is 0 Å². The Bertz CT molecular complexity index is 898. The van der Waals surface area contributed by atoms with Crippen molar-refractivity contribution in [3.63, 3.8) is 0 Å². The summed E-state index contributed by atoms with van der Waals surface area (Å²) in [6.07, 6.45) is 4.03. The van der Waals surface area contributed by atoms with Crippen LogP contribution < -0.4 is 5.32 Å². The molecule has 26 heavy (non-hydrogen) atoms. The molecule has 3 rings (SSSR count). The highest BCUT2D eigenvalue weighted by atomic mass is 32.2. The minimum Gasteiger partial charge on any atom is -0.311 e. The molecule has 3 heterocycles. The van der Waals surface area contributed by atoms with E-state index in [1.807, 2.05) is 26.8 Å². The molecule has 1 fully saturated rings. The van der Waals surface area contributed by atoms with E-state index in [-0.39, 0.29) is 35.3 Å². The highest BCUT2D eigenvalue weighted by Crippen LogP contribution is 2.30. The maximum atomic E-state index is 12.4. The van der Waals surface area contributed by atoms with Crippen molar-refractivity contribution in [3.8, 4) is 0 Å². The van der Waals surface area contributed by atoms with Crippen LogP contribution in [0.15, 0.2) is 30.6 Å². The van der Waals surface area contributed by atoms with Crippen molar-refractivity contribution in [1.29, 1.82) is 0 Å². The molecule has 140 valence electrons. The molecule has 1 amide bonds. The van der Waals surface area contributed by atoms with Gasteiger partial charge in [0.15, 0.2) is 9.84 Å². The zero-order valence-corrected chi connectivity index (χ0v) is 16.1.